The molecule has 0 aliphatic carbocycles. The number of hydrogen-bond donors (Lipinski definition) is 3. The summed E-state index contributed by atoms with van der Waals surface area (Å²) in [5.74, 6) is 0. The van der Waals surface area contributed by atoms with Gasteiger partial charge < -0.3 is 11.1 Å². The van der Waals surface area contributed by atoms with E-state index in [-0.39, 0.29) is 4.90 Å². The number of nitrogens with two attached hydrogens (primary N) is 2. The van der Waals surface area contributed by atoms with Crippen molar-refractivity contribution in [2.75, 3.05) is 11.1 Å². The molecular weight excluding hydrogens is 330 g/mol. The first kappa shape index (κ1) is 13.9. The van der Waals surface area contributed by atoms with Crippen molar-refractivity contribution in [2.24, 2.45) is 5.14 Å². The number of nitrogens with one attached hydrogen (secondary N) is 1. The molecule has 0 aromatic heterocycles. The summed E-state index contributed by atoms with van der Waals surface area (Å²) in [7, 11) is -3.84. The minimum Gasteiger partial charge on any atom is -0.399 e. The highest BCUT2D eigenvalue weighted by Gasteiger charge is 2.14. The van der Waals surface area contributed by atoms with Crippen LogP contribution in [0.5, 0.6) is 0 Å². The maximum absolute atomic E-state index is 11.5. The van der Waals surface area contributed by atoms with Gasteiger partial charge in [-0.2, -0.15) is 0 Å². The van der Waals surface area contributed by atoms with E-state index < -0.39 is 10.0 Å². The molecule has 7 heteroatoms. The van der Waals surface area contributed by atoms with Crippen LogP contribution in [0.1, 0.15) is 0 Å². The van der Waals surface area contributed by atoms with E-state index in [9.17, 15) is 8.42 Å². The van der Waals surface area contributed by atoms with E-state index in [1.807, 2.05) is 24.3 Å². The molecule has 0 radical (unpaired) electrons. The molecule has 0 aliphatic heterocycles. The minimum atomic E-state index is -3.84. The lowest BCUT2D eigenvalue weighted by Crippen LogP contribution is -2.14. The molecule has 0 heterocycles. The van der Waals surface area contributed by atoms with Gasteiger partial charge in [-0.1, -0.05) is 15.9 Å². The van der Waals surface area contributed by atoms with Crippen LogP contribution < -0.4 is 16.2 Å². The summed E-state index contributed by atoms with van der Waals surface area (Å²) in [5, 5.41) is 8.17. The van der Waals surface area contributed by atoms with E-state index in [1.54, 1.807) is 12.1 Å². The Morgan fingerprint density at radius 2 is 1.68 bits per heavy atom. The topological polar surface area (TPSA) is 98.2 Å². The Hall–Kier alpha value is -1.57. The number of sulfonamides is 1. The van der Waals surface area contributed by atoms with Crippen LogP contribution in [-0.2, 0) is 10.0 Å². The number of hydrogen-bond acceptors (Lipinski definition) is 4. The zero-order valence-electron chi connectivity index (χ0n) is 9.80. The predicted octanol–water partition coefficient (Wildman–Crippen LogP) is 2.42. The van der Waals surface area contributed by atoms with Crippen LogP contribution in [0.3, 0.4) is 0 Å². The van der Waals surface area contributed by atoms with Crippen molar-refractivity contribution in [1.82, 2.24) is 0 Å². The highest BCUT2D eigenvalue weighted by Crippen LogP contribution is 2.26. The van der Waals surface area contributed by atoms with E-state index in [0.717, 1.165) is 10.2 Å². The van der Waals surface area contributed by atoms with Gasteiger partial charge in [-0.15, -0.1) is 0 Å². The molecule has 0 unspecified atom stereocenters. The van der Waals surface area contributed by atoms with Gasteiger partial charge in [0.25, 0.3) is 0 Å². The lowest BCUT2D eigenvalue weighted by Gasteiger charge is -2.11. The van der Waals surface area contributed by atoms with Gasteiger partial charge in [0, 0.05) is 15.8 Å². The molecule has 0 bridgehead atoms. The monoisotopic (exact) mass is 341 g/mol. The van der Waals surface area contributed by atoms with Gasteiger partial charge in [0.05, 0.1) is 5.69 Å². The number of rotatable bonds is 3. The van der Waals surface area contributed by atoms with Crippen LogP contribution in [-0.4, -0.2) is 8.42 Å². The molecule has 0 atom stereocenters. The van der Waals surface area contributed by atoms with Crippen molar-refractivity contribution in [3.63, 3.8) is 0 Å². The second-order valence-electron chi connectivity index (χ2n) is 3.93. The Labute approximate surface area is 119 Å². The Morgan fingerprint density at radius 1 is 1.05 bits per heavy atom. The molecule has 0 saturated heterocycles. The Kier molecular flexibility index (Phi) is 3.79. The molecule has 19 heavy (non-hydrogen) atoms. The highest BCUT2D eigenvalue weighted by molar-refractivity contribution is 9.10. The van der Waals surface area contributed by atoms with Crippen LogP contribution >= 0.6 is 15.9 Å². The summed E-state index contributed by atoms with van der Waals surface area (Å²) < 4.78 is 24.0. The number of primary sulfonamides is 1. The third-order valence-corrected chi connectivity index (χ3v) is 3.91. The first-order valence-corrected chi connectivity index (χ1v) is 7.65. The summed E-state index contributed by atoms with van der Waals surface area (Å²) in [6.07, 6.45) is 0. The van der Waals surface area contributed by atoms with Crippen LogP contribution in [0.25, 0.3) is 0 Å². The Morgan fingerprint density at radius 3 is 2.26 bits per heavy atom. The fraction of sp³-hybridized carbons (Fsp3) is 0. The van der Waals surface area contributed by atoms with Crippen molar-refractivity contribution in [2.45, 2.75) is 4.90 Å². The molecule has 5 N–H and O–H groups in total. The molecule has 100 valence electrons. The van der Waals surface area contributed by atoms with E-state index in [4.69, 9.17) is 10.9 Å². The number of anilines is 3. The lowest BCUT2D eigenvalue weighted by molar-refractivity contribution is 0.598. The molecule has 0 fully saturated rings. The quantitative estimate of drug-likeness (QED) is 0.746. The number of halogens is 1. The molecule has 0 aliphatic rings. The first-order valence-electron chi connectivity index (χ1n) is 5.31. The van der Waals surface area contributed by atoms with Crippen LogP contribution in [0.15, 0.2) is 51.8 Å². The van der Waals surface area contributed by atoms with Gasteiger partial charge >= 0.3 is 0 Å². The largest absolute Gasteiger partial charge is 0.399 e. The molecule has 0 amide bonds. The second-order valence-corrected chi connectivity index (χ2v) is 6.38. The third kappa shape index (κ3) is 3.46. The van der Waals surface area contributed by atoms with Gasteiger partial charge in [0.15, 0.2) is 0 Å². The zero-order valence-corrected chi connectivity index (χ0v) is 12.2. The van der Waals surface area contributed by atoms with E-state index in [2.05, 4.69) is 21.2 Å². The zero-order chi connectivity index (χ0) is 14.0. The summed E-state index contributed by atoms with van der Waals surface area (Å²) in [6, 6.07) is 11.8. The molecule has 2 aromatic carbocycles. The molecule has 2 rings (SSSR count). The van der Waals surface area contributed by atoms with Crippen molar-refractivity contribution in [3.05, 3.63) is 46.9 Å². The normalized spacial score (nSPS) is 11.3. The van der Waals surface area contributed by atoms with Crippen molar-refractivity contribution < 1.29 is 8.42 Å². The molecular formula is C12H12BrN3O2S. The second kappa shape index (κ2) is 5.20. The smallest absolute Gasteiger partial charge is 0.240 e. The summed E-state index contributed by atoms with van der Waals surface area (Å²) >= 11 is 3.33. The first-order chi connectivity index (χ1) is 8.86. The molecule has 0 saturated carbocycles. The average molecular weight is 342 g/mol. The third-order valence-electron chi connectivity index (χ3n) is 2.44. The molecule has 5 nitrogen and oxygen atoms in total. The van der Waals surface area contributed by atoms with E-state index >= 15 is 0 Å². The van der Waals surface area contributed by atoms with Crippen LogP contribution in [0, 0.1) is 0 Å². The summed E-state index contributed by atoms with van der Waals surface area (Å²) in [6.45, 7) is 0. The van der Waals surface area contributed by atoms with Gasteiger partial charge in [-0.25, -0.2) is 13.6 Å². The predicted molar refractivity (Wildman–Crippen MR) is 79.7 cm³/mol. The number of nitrogen functional groups attached to an aromatic ring is 1. The molecule has 0 spiro atoms. The average Bonchev–Trinajstić information content (AvgIpc) is 2.33. The lowest BCUT2D eigenvalue weighted by atomic mass is 10.2. The fourth-order valence-electron chi connectivity index (χ4n) is 1.57. The van der Waals surface area contributed by atoms with Crippen molar-refractivity contribution in [3.8, 4) is 0 Å². The van der Waals surface area contributed by atoms with E-state index in [1.165, 1.54) is 6.07 Å². The standard InChI is InChI=1S/C12H12BrN3O2S/c13-8-1-4-10(5-2-8)16-11-6-3-9(14)7-12(11)19(15,17)18/h1-7,16H,14H2,(H2,15,17,18). The number of benzene rings is 2. The van der Waals surface area contributed by atoms with Gasteiger partial charge in [0.1, 0.15) is 4.90 Å². The van der Waals surface area contributed by atoms with Crippen LogP contribution in [0.4, 0.5) is 17.1 Å². The molecule has 2 aromatic rings. The SMILES string of the molecule is Nc1ccc(Nc2ccc(Br)cc2)c(S(N)(=O)=O)c1. The van der Waals surface area contributed by atoms with Gasteiger partial charge in [-0.3, -0.25) is 0 Å². The van der Waals surface area contributed by atoms with E-state index in [0.29, 0.717) is 11.4 Å². The summed E-state index contributed by atoms with van der Waals surface area (Å²) in [4.78, 5) is -0.0320. The maximum atomic E-state index is 11.5. The van der Waals surface area contributed by atoms with Crippen molar-refractivity contribution in [1.29, 1.82) is 0 Å². The Bertz CT molecular complexity index is 699. The van der Waals surface area contributed by atoms with Gasteiger partial charge in [-0.05, 0) is 42.5 Å². The summed E-state index contributed by atoms with van der Waals surface area (Å²) in [5.41, 5.74) is 7.06. The Balaban J connectivity index is 2.43. The van der Waals surface area contributed by atoms with Gasteiger partial charge in [0.2, 0.25) is 10.0 Å². The van der Waals surface area contributed by atoms with Crippen molar-refractivity contribution >= 4 is 43.0 Å². The minimum absolute atomic E-state index is 0.0320. The van der Waals surface area contributed by atoms with Crippen LogP contribution in [0.2, 0.25) is 0 Å². The highest BCUT2D eigenvalue weighted by atomic mass is 79.9. The maximum Gasteiger partial charge on any atom is 0.240 e. The fourth-order valence-corrected chi connectivity index (χ4v) is 2.56.